The van der Waals surface area contributed by atoms with Gasteiger partial charge in [-0.05, 0) is 165 Å². The normalized spacial score (nSPS) is 12.8. The first kappa shape index (κ1) is 38.8. The fourth-order valence-corrected chi connectivity index (χ4v) is 11.9. The molecule has 2 aliphatic carbocycles. The fourth-order valence-electron chi connectivity index (χ4n) is 11.9. The van der Waals surface area contributed by atoms with Crippen molar-refractivity contribution < 1.29 is 0 Å². The third-order valence-electron chi connectivity index (χ3n) is 15.3. The van der Waals surface area contributed by atoms with Gasteiger partial charge >= 0.3 is 0 Å². The van der Waals surface area contributed by atoms with Gasteiger partial charge in [0.05, 0.1) is 22.1 Å². The average Bonchev–Trinajstić information content (AvgIpc) is 4.15. The zero-order chi connectivity index (χ0) is 45.4. The minimum atomic E-state index is 0.800. The second kappa shape index (κ2) is 14.5. The first-order valence-corrected chi connectivity index (χ1v) is 23.6. The van der Waals surface area contributed by atoms with Crippen molar-refractivity contribution >= 4 is 11.4 Å². The van der Waals surface area contributed by atoms with E-state index in [0.717, 1.165) is 107 Å². The van der Waals surface area contributed by atoms with E-state index >= 15 is 0 Å². The highest BCUT2D eigenvalue weighted by molar-refractivity contribution is 6.09. The Hall–Kier alpha value is -8.41. The highest BCUT2D eigenvalue weighted by Crippen LogP contribution is 2.55. The summed E-state index contributed by atoms with van der Waals surface area (Å²) in [4.78, 5) is 10.8. The van der Waals surface area contributed by atoms with Gasteiger partial charge in [-0.2, -0.15) is 0 Å². The lowest BCUT2D eigenvalue weighted by Gasteiger charge is -2.24. The largest absolute Gasteiger partial charge is 0.248 e. The Labute approximate surface area is 394 Å². The molecule has 3 heterocycles. The Balaban J connectivity index is 1.15. The van der Waals surface area contributed by atoms with Crippen LogP contribution in [0.3, 0.4) is 0 Å². The second-order valence-electron chi connectivity index (χ2n) is 18.9. The first-order chi connectivity index (χ1) is 33.4. The van der Waals surface area contributed by atoms with Gasteiger partial charge in [0, 0.05) is 43.8 Å². The number of fused-ring (bicyclic) bond motifs is 12. The van der Waals surface area contributed by atoms with Crippen LogP contribution in [0.4, 0.5) is 11.4 Å². The van der Waals surface area contributed by atoms with E-state index in [9.17, 15) is 0 Å². The molecule has 0 saturated carbocycles. The van der Waals surface area contributed by atoms with Crippen molar-refractivity contribution in [3.05, 3.63) is 229 Å². The maximum Gasteiger partial charge on any atom is 0.105 e. The molecule has 4 aliphatic rings. The Kier molecular flexibility index (Phi) is 8.30. The summed E-state index contributed by atoms with van der Waals surface area (Å²) in [5, 5.41) is 19.6. The van der Waals surface area contributed by atoms with E-state index in [0.29, 0.717) is 0 Å². The highest BCUT2D eigenvalue weighted by atomic mass is 15.3. The van der Waals surface area contributed by atoms with E-state index in [1.165, 1.54) is 72.3 Å². The van der Waals surface area contributed by atoms with Crippen molar-refractivity contribution in [1.29, 1.82) is 0 Å². The van der Waals surface area contributed by atoms with Crippen molar-refractivity contribution in [3.8, 4) is 89.3 Å². The van der Waals surface area contributed by atoms with Crippen LogP contribution in [0.15, 0.2) is 174 Å². The molecule has 0 unspecified atom stereocenters. The monoisotopic (exact) mass is 869 g/mol. The van der Waals surface area contributed by atoms with E-state index < -0.39 is 0 Å². The molecule has 0 atom stereocenters. The van der Waals surface area contributed by atoms with Crippen molar-refractivity contribution in [3.63, 3.8) is 0 Å². The molecule has 0 bridgehead atoms. The van der Waals surface area contributed by atoms with Crippen molar-refractivity contribution in [2.45, 2.75) is 40.5 Å². The minimum Gasteiger partial charge on any atom is -0.248 e. The topological polar surface area (TPSA) is 63.4 Å². The number of nitrogens with zero attached hydrogens (tertiary/aromatic N) is 5. The second-order valence-corrected chi connectivity index (χ2v) is 18.9. The number of para-hydroxylation sites is 1. The molecule has 68 heavy (non-hydrogen) atoms. The summed E-state index contributed by atoms with van der Waals surface area (Å²) in [5.74, 6) is 0. The Morgan fingerprint density at radius 1 is 0.368 bits per heavy atom. The molecule has 0 spiro atoms. The maximum absolute atomic E-state index is 5.39. The Bertz CT molecular complexity index is 4130. The van der Waals surface area contributed by atoms with E-state index in [1.807, 2.05) is 0 Å². The predicted octanol–water partition coefficient (Wildman–Crippen LogP) is 14.1. The molecule has 14 rings (SSSR count). The standard InChI is InChI=1S/C63H43N5/c1-34-30-48-42-21-10-8-18-39(42)32-50(48)55(36(34)3)60-62(66-68-67-63(60)56-37(4)35(2)31-49-43-22-11-9-19-40(43)33-51(49)56)47-27-29-53-58(57(47)45-24-13-12-20-41(45)38-16-6-5-7-17-38)59-54(64-53)28-26-46-44-23-14-15-25-52(44)65-61(46)59/h5-31H,32-33H2,1-4H3. The van der Waals surface area contributed by atoms with Gasteiger partial charge in [-0.3, -0.25) is 0 Å². The van der Waals surface area contributed by atoms with Crippen molar-refractivity contribution in [2.75, 3.05) is 0 Å². The lowest BCUT2D eigenvalue weighted by atomic mass is 9.80. The minimum absolute atomic E-state index is 0.800. The molecule has 0 radical (unpaired) electrons. The molecular formula is C63H43N5. The molecule has 0 amide bonds. The van der Waals surface area contributed by atoms with Crippen molar-refractivity contribution in [1.82, 2.24) is 15.4 Å². The number of hydrogen-bond donors (Lipinski definition) is 0. The number of benzene rings is 9. The van der Waals surface area contributed by atoms with Crippen LogP contribution in [-0.4, -0.2) is 15.4 Å². The summed E-state index contributed by atoms with van der Waals surface area (Å²) in [5.41, 5.74) is 29.7. The quantitative estimate of drug-likeness (QED) is 0.173. The summed E-state index contributed by atoms with van der Waals surface area (Å²) in [6, 6.07) is 59.3. The van der Waals surface area contributed by atoms with Crippen LogP contribution >= 0.6 is 0 Å². The third-order valence-corrected chi connectivity index (χ3v) is 15.3. The highest BCUT2D eigenvalue weighted by Gasteiger charge is 2.35. The molecule has 1 aromatic heterocycles. The molecule has 10 aromatic rings. The Morgan fingerprint density at radius 3 is 1.71 bits per heavy atom. The van der Waals surface area contributed by atoms with Gasteiger partial charge in [-0.25, -0.2) is 9.98 Å². The summed E-state index contributed by atoms with van der Waals surface area (Å²) in [6.45, 7) is 9.05. The van der Waals surface area contributed by atoms with Crippen LogP contribution in [-0.2, 0) is 12.8 Å². The van der Waals surface area contributed by atoms with Gasteiger partial charge in [0.25, 0.3) is 0 Å². The molecule has 9 aromatic carbocycles. The number of aryl methyl sites for hydroxylation is 2. The van der Waals surface area contributed by atoms with Crippen LogP contribution in [0.25, 0.3) is 89.3 Å². The predicted molar refractivity (Wildman–Crippen MR) is 274 cm³/mol. The van der Waals surface area contributed by atoms with Crippen LogP contribution in [0.2, 0.25) is 0 Å². The van der Waals surface area contributed by atoms with Gasteiger partial charge in [-0.15, -0.1) is 10.2 Å². The van der Waals surface area contributed by atoms with Gasteiger partial charge in [0.1, 0.15) is 11.4 Å². The Morgan fingerprint density at radius 2 is 0.971 bits per heavy atom. The smallest absolute Gasteiger partial charge is 0.105 e. The molecule has 0 N–H and O–H groups in total. The average molecular weight is 870 g/mol. The first-order valence-electron chi connectivity index (χ1n) is 23.6. The fraction of sp³-hybridized carbons (Fsp3) is 0.0952. The molecule has 0 fully saturated rings. The van der Waals surface area contributed by atoms with Gasteiger partial charge in [-0.1, -0.05) is 133 Å². The summed E-state index contributed by atoms with van der Waals surface area (Å²) >= 11 is 0. The molecule has 2 aliphatic heterocycles. The summed E-state index contributed by atoms with van der Waals surface area (Å²) in [6.07, 6.45) is 1.63. The number of rotatable bonds is 5. The zero-order valence-electron chi connectivity index (χ0n) is 38.2. The van der Waals surface area contributed by atoms with E-state index in [-0.39, 0.29) is 0 Å². The maximum atomic E-state index is 5.39. The van der Waals surface area contributed by atoms with Crippen LogP contribution in [0, 0.1) is 38.1 Å². The number of hydrogen-bond acceptors (Lipinski definition) is 5. The van der Waals surface area contributed by atoms with Gasteiger partial charge in [0.15, 0.2) is 0 Å². The van der Waals surface area contributed by atoms with Crippen LogP contribution in [0.5, 0.6) is 0 Å². The lowest BCUT2D eigenvalue weighted by Crippen LogP contribution is -2.08. The van der Waals surface area contributed by atoms with Gasteiger partial charge in [0.2, 0.25) is 0 Å². The van der Waals surface area contributed by atoms with E-state index in [4.69, 9.17) is 25.4 Å². The molecule has 5 heteroatoms. The van der Waals surface area contributed by atoms with E-state index in [1.54, 1.807) is 0 Å². The molecule has 0 saturated heterocycles. The summed E-state index contributed by atoms with van der Waals surface area (Å²) in [7, 11) is 0. The summed E-state index contributed by atoms with van der Waals surface area (Å²) < 4.78 is 0. The van der Waals surface area contributed by atoms with Crippen LogP contribution < -0.4 is 10.7 Å². The van der Waals surface area contributed by atoms with Gasteiger partial charge < -0.3 is 0 Å². The van der Waals surface area contributed by atoms with Crippen LogP contribution in [0.1, 0.15) is 44.5 Å². The van der Waals surface area contributed by atoms with Crippen molar-refractivity contribution in [2.24, 2.45) is 9.98 Å². The molecular weight excluding hydrogens is 827 g/mol. The number of aromatic nitrogens is 3. The molecule has 320 valence electrons. The zero-order valence-corrected chi connectivity index (χ0v) is 38.2. The molecule has 5 nitrogen and oxygen atoms in total. The van der Waals surface area contributed by atoms with E-state index in [2.05, 4.69) is 191 Å². The SMILES string of the molecule is Cc1cc2c(c(-c3nnnc(-c4ccc5c(c4-c4ccccc4-c4ccccc4)-c4c6c(ccc4=N5)=c4ccccc4=N6)c3-c3c(C)c(C)cc4c3Cc3ccccc3-4)c1C)Cc1ccccc1-2. The lowest BCUT2D eigenvalue weighted by molar-refractivity contribution is 0.876. The third kappa shape index (κ3) is 5.47.